The standard InChI is InChI=1S/C27H26N2O5/c1-32-26(30)23(29-27(31)34-18-20-11-6-3-7-12-20)15-21-16-28-22-13-8-14-24(25(21)22)33-17-19-9-4-2-5-10-19/h2-14,16,23,28H,15,17-18H2,1H3,(H,29,31)/t23-/m0/s1. The maximum absolute atomic E-state index is 12.4. The molecule has 0 saturated carbocycles. The summed E-state index contributed by atoms with van der Waals surface area (Å²) in [5, 5.41) is 3.48. The SMILES string of the molecule is COC(=O)[C@H](Cc1c[nH]c2cccc(OCc3ccccc3)c12)NC(=O)OCc1ccccc1. The van der Waals surface area contributed by atoms with E-state index in [1.165, 1.54) is 7.11 Å². The van der Waals surface area contributed by atoms with E-state index >= 15 is 0 Å². The summed E-state index contributed by atoms with van der Waals surface area (Å²) in [7, 11) is 1.29. The highest BCUT2D eigenvalue weighted by molar-refractivity contribution is 5.90. The van der Waals surface area contributed by atoms with Gasteiger partial charge in [-0.3, -0.25) is 0 Å². The molecule has 1 atom stereocenters. The Kier molecular flexibility index (Phi) is 7.45. The minimum absolute atomic E-state index is 0.102. The number of hydrogen-bond acceptors (Lipinski definition) is 5. The zero-order chi connectivity index (χ0) is 23.8. The normalized spacial score (nSPS) is 11.6. The fraction of sp³-hybridized carbons (Fsp3) is 0.185. The van der Waals surface area contributed by atoms with Crippen molar-refractivity contribution in [2.24, 2.45) is 0 Å². The first-order valence-electron chi connectivity index (χ1n) is 10.9. The number of H-pyrrole nitrogens is 1. The summed E-state index contributed by atoms with van der Waals surface area (Å²) in [5.41, 5.74) is 3.59. The van der Waals surface area contributed by atoms with Crippen molar-refractivity contribution in [3.8, 4) is 5.75 Å². The molecule has 174 valence electrons. The molecule has 34 heavy (non-hydrogen) atoms. The minimum Gasteiger partial charge on any atom is -0.488 e. The number of aromatic nitrogens is 1. The number of esters is 1. The van der Waals surface area contributed by atoms with E-state index in [0.717, 1.165) is 27.6 Å². The molecule has 2 N–H and O–H groups in total. The second kappa shape index (κ2) is 11.0. The molecule has 0 unspecified atom stereocenters. The number of alkyl carbamates (subject to hydrolysis) is 1. The van der Waals surface area contributed by atoms with E-state index in [-0.39, 0.29) is 13.0 Å². The molecule has 4 aromatic rings. The van der Waals surface area contributed by atoms with Crippen LogP contribution in [0.2, 0.25) is 0 Å². The van der Waals surface area contributed by atoms with Gasteiger partial charge in [0.05, 0.1) is 7.11 Å². The monoisotopic (exact) mass is 458 g/mol. The number of methoxy groups -OCH3 is 1. The Morgan fingerprint density at radius 1 is 0.882 bits per heavy atom. The van der Waals surface area contributed by atoms with Crippen molar-refractivity contribution >= 4 is 23.0 Å². The van der Waals surface area contributed by atoms with Crippen LogP contribution in [0.15, 0.2) is 85.1 Å². The average Bonchev–Trinajstić information content (AvgIpc) is 3.30. The Balaban J connectivity index is 1.48. The molecular formula is C27H26N2O5. The lowest BCUT2D eigenvalue weighted by Gasteiger charge is -2.17. The first-order valence-corrected chi connectivity index (χ1v) is 10.9. The molecule has 3 aromatic carbocycles. The Bertz CT molecular complexity index is 1240. The van der Waals surface area contributed by atoms with Gasteiger partial charge >= 0.3 is 12.1 Å². The minimum atomic E-state index is -0.922. The van der Waals surface area contributed by atoms with Crippen LogP contribution in [0.3, 0.4) is 0 Å². The van der Waals surface area contributed by atoms with Gasteiger partial charge < -0.3 is 24.5 Å². The molecule has 4 rings (SSSR count). The number of carbonyl (C=O) groups is 2. The highest BCUT2D eigenvalue weighted by atomic mass is 16.6. The molecule has 7 heteroatoms. The summed E-state index contributed by atoms with van der Waals surface area (Å²) >= 11 is 0. The van der Waals surface area contributed by atoms with Crippen LogP contribution in [0.5, 0.6) is 5.75 Å². The molecular weight excluding hydrogens is 432 g/mol. The molecule has 0 bridgehead atoms. The van der Waals surface area contributed by atoms with Crippen molar-refractivity contribution in [2.45, 2.75) is 25.7 Å². The first-order chi connectivity index (χ1) is 16.6. The van der Waals surface area contributed by atoms with Gasteiger partial charge in [-0.2, -0.15) is 0 Å². The number of hydrogen-bond donors (Lipinski definition) is 2. The van der Waals surface area contributed by atoms with Gasteiger partial charge in [0.1, 0.15) is 25.0 Å². The van der Waals surface area contributed by atoms with Crippen LogP contribution in [0.25, 0.3) is 10.9 Å². The van der Waals surface area contributed by atoms with Crippen molar-refractivity contribution in [2.75, 3.05) is 7.11 Å². The number of nitrogens with one attached hydrogen (secondary N) is 2. The molecule has 0 aliphatic carbocycles. The third kappa shape index (κ3) is 5.75. The largest absolute Gasteiger partial charge is 0.488 e. The van der Waals surface area contributed by atoms with Gasteiger partial charge in [-0.05, 0) is 28.8 Å². The smallest absolute Gasteiger partial charge is 0.408 e. The van der Waals surface area contributed by atoms with Crippen molar-refractivity contribution in [3.05, 3.63) is 102 Å². The van der Waals surface area contributed by atoms with Crippen molar-refractivity contribution < 1.29 is 23.8 Å². The third-order valence-corrected chi connectivity index (χ3v) is 5.40. The van der Waals surface area contributed by atoms with E-state index in [1.807, 2.05) is 85.1 Å². The van der Waals surface area contributed by atoms with E-state index in [1.54, 1.807) is 0 Å². The molecule has 0 saturated heterocycles. The molecule has 1 heterocycles. The predicted octanol–water partition coefficient (Wildman–Crippen LogP) is 4.76. The van der Waals surface area contributed by atoms with Crippen molar-refractivity contribution in [3.63, 3.8) is 0 Å². The lowest BCUT2D eigenvalue weighted by molar-refractivity contribution is -0.142. The van der Waals surface area contributed by atoms with Crippen LogP contribution in [0.4, 0.5) is 4.79 Å². The van der Waals surface area contributed by atoms with Gasteiger partial charge in [-0.1, -0.05) is 66.7 Å². The van der Waals surface area contributed by atoms with Gasteiger partial charge in [0.25, 0.3) is 0 Å². The van der Waals surface area contributed by atoms with E-state index in [9.17, 15) is 9.59 Å². The Morgan fingerprint density at radius 2 is 1.56 bits per heavy atom. The molecule has 7 nitrogen and oxygen atoms in total. The number of carbonyl (C=O) groups excluding carboxylic acids is 2. The highest BCUT2D eigenvalue weighted by Crippen LogP contribution is 2.30. The molecule has 0 aliphatic heterocycles. The lowest BCUT2D eigenvalue weighted by Crippen LogP contribution is -2.43. The maximum Gasteiger partial charge on any atom is 0.408 e. The van der Waals surface area contributed by atoms with Gasteiger partial charge in [-0.15, -0.1) is 0 Å². The fourth-order valence-electron chi connectivity index (χ4n) is 3.70. The second-order valence-corrected chi connectivity index (χ2v) is 7.75. The van der Waals surface area contributed by atoms with Crippen LogP contribution in [-0.4, -0.2) is 30.2 Å². The summed E-state index contributed by atoms with van der Waals surface area (Å²) in [4.78, 5) is 28.1. The van der Waals surface area contributed by atoms with Crippen LogP contribution in [0.1, 0.15) is 16.7 Å². The molecule has 0 spiro atoms. The first kappa shape index (κ1) is 22.9. The predicted molar refractivity (Wildman–Crippen MR) is 128 cm³/mol. The third-order valence-electron chi connectivity index (χ3n) is 5.40. The van der Waals surface area contributed by atoms with Crippen molar-refractivity contribution in [1.29, 1.82) is 0 Å². The Morgan fingerprint density at radius 3 is 2.24 bits per heavy atom. The summed E-state index contributed by atoms with van der Waals surface area (Å²) in [5.74, 6) is 0.126. The van der Waals surface area contributed by atoms with Crippen LogP contribution in [-0.2, 0) is 33.9 Å². The number of fused-ring (bicyclic) bond motifs is 1. The number of ether oxygens (including phenoxy) is 3. The van der Waals surface area contributed by atoms with Gasteiger partial charge in [-0.25, -0.2) is 9.59 Å². The van der Waals surface area contributed by atoms with Crippen LogP contribution in [0, 0.1) is 0 Å². The van der Waals surface area contributed by atoms with Gasteiger partial charge in [0, 0.05) is 23.5 Å². The summed E-state index contributed by atoms with van der Waals surface area (Å²) < 4.78 is 16.3. The highest BCUT2D eigenvalue weighted by Gasteiger charge is 2.25. The van der Waals surface area contributed by atoms with E-state index in [4.69, 9.17) is 14.2 Å². The molecule has 1 aromatic heterocycles. The molecule has 0 radical (unpaired) electrons. The van der Waals surface area contributed by atoms with Crippen LogP contribution >= 0.6 is 0 Å². The number of aromatic amines is 1. The summed E-state index contributed by atoms with van der Waals surface area (Å²) in [6.45, 7) is 0.514. The number of rotatable bonds is 9. The quantitative estimate of drug-likeness (QED) is 0.353. The van der Waals surface area contributed by atoms with E-state index < -0.39 is 18.1 Å². The van der Waals surface area contributed by atoms with Crippen molar-refractivity contribution in [1.82, 2.24) is 10.3 Å². The Labute approximate surface area is 197 Å². The van der Waals surface area contributed by atoms with E-state index in [0.29, 0.717) is 12.4 Å². The Hall–Kier alpha value is -4.26. The van der Waals surface area contributed by atoms with E-state index in [2.05, 4.69) is 10.3 Å². The molecule has 0 fully saturated rings. The average molecular weight is 459 g/mol. The van der Waals surface area contributed by atoms with Crippen LogP contribution < -0.4 is 10.1 Å². The second-order valence-electron chi connectivity index (χ2n) is 7.75. The number of amides is 1. The topological polar surface area (TPSA) is 89.7 Å². The maximum atomic E-state index is 12.4. The summed E-state index contributed by atoms with van der Waals surface area (Å²) in [6, 6.07) is 24.0. The summed E-state index contributed by atoms with van der Waals surface area (Å²) in [6.07, 6.45) is 1.32. The fourth-order valence-corrected chi connectivity index (χ4v) is 3.70. The lowest BCUT2D eigenvalue weighted by atomic mass is 10.0. The molecule has 1 amide bonds. The van der Waals surface area contributed by atoms with Gasteiger partial charge in [0.15, 0.2) is 0 Å². The zero-order valence-corrected chi connectivity index (χ0v) is 18.8. The molecule has 0 aliphatic rings. The number of benzene rings is 3. The van der Waals surface area contributed by atoms with Gasteiger partial charge in [0.2, 0.25) is 0 Å². The zero-order valence-electron chi connectivity index (χ0n) is 18.8.